The molecule has 1 aromatic carbocycles. The number of amides is 2. The molecule has 1 atom stereocenters. The average Bonchev–Trinajstić information content (AvgIpc) is 3.42. The van der Waals surface area contributed by atoms with Gasteiger partial charge in [-0.3, -0.25) is 4.90 Å². The van der Waals surface area contributed by atoms with E-state index < -0.39 is 0 Å². The smallest absolute Gasteiger partial charge is 0.321 e. The largest absolute Gasteiger partial charge is 0.491 e. The molecule has 7 nitrogen and oxygen atoms in total. The van der Waals surface area contributed by atoms with Crippen LogP contribution in [0.4, 0.5) is 10.5 Å². The maximum Gasteiger partial charge on any atom is 0.321 e. The molecule has 2 amide bonds. The van der Waals surface area contributed by atoms with E-state index in [1.54, 1.807) is 6.26 Å². The zero-order chi connectivity index (χ0) is 19.2. The fraction of sp³-hybridized carbons (Fsp3) is 0.476. The molecule has 1 aromatic heterocycles. The second kappa shape index (κ2) is 9.12. The van der Waals surface area contributed by atoms with E-state index in [2.05, 4.69) is 10.2 Å². The van der Waals surface area contributed by atoms with Crippen molar-refractivity contribution in [2.45, 2.75) is 25.5 Å². The van der Waals surface area contributed by atoms with Gasteiger partial charge in [0.05, 0.1) is 18.9 Å². The molecule has 0 saturated carbocycles. The summed E-state index contributed by atoms with van der Waals surface area (Å²) in [4.78, 5) is 16.6. The van der Waals surface area contributed by atoms with Gasteiger partial charge in [-0.2, -0.15) is 0 Å². The van der Waals surface area contributed by atoms with Gasteiger partial charge < -0.3 is 24.1 Å². The van der Waals surface area contributed by atoms with Crippen molar-refractivity contribution in [3.05, 3.63) is 48.4 Å². The zero-order valence-corrected chi connectivity index (χ0v) is 16.0. The number of hydrogen-bond acceptors (Lipinski definition) is 5. The molecule has 7 heteroatoms. The lowest BCUT2D eigenvalue weighted by atomic mass is 10.2. The van der Waals surface area contributed by atoms with E-state index in [9.17, 15) is 4.79 Å². The van der Waals surface area contributed by atoms with Gasteiger partial charge in [-0.05, 0) is 49.2 Å². The number of nitrogens with zero attached hydrogens (tertiary/aromatic N) is 2. The van der Waals surface area contributed by atoms with Crippen LogP contribution < -0.4 is 10.1 Å². The molecular formula is C21H27N3O4. The van der Waals surface area contributed by atoms with E-state index >= 15 is 0 Å². The third-order valence-electron chi connectivity index (χ3n) is 5.18. The number of furan rings is 1. The number of hydrogen-bond donors (Lipinski definition) is 1. The molecule has 0 spiro atoms. The van der Waals surface area contributed by atoms with E-state index in [1.165, 1.54) is 0 Å². The minimum atomic E-state index is -0.0642. The molecule has 2 fully saturated rings. The predicted molar refractivity (Wildman–Crippen MR) is 105 cm³/mol. The lowest BCUT2D eigenvalue weighted by Crippen LogP contribution is -2.49. The van der Waals surface area contributed by atoms with Crippen molar-refractivity contribution in [3.63, 3.8) is 0 Å². The molecule has 1 N–H and O–H groups in total. The number of benzene rings is 1. The second-order valence-electron chi connectivity index (χ2n) is 7.24. The molecular weight excluding hydrogens is 358 g/mol. The topological polar surface area (TPSA) is 67.2 Å². The SMILES string of the molecule is O=C(Nc1ccc(OC[C@@H]2CCCO2)cc1)N1CCN(Cc2ccco2)CC1. The Bertz CT molecular complexity index is 734. The van der Waals surface area contributed by atoms with Crippen LogP contribution >= 0.6 is 0 Å². The van der Waals surface area contributed by atoms with E-state index in [0.29, 0.717) is 19.7 Å². The summed E-state index contributed by atoms with van der Waals surface area (Å²) in [6, 6.07) is 11.3. The van der Waals surface area contributed by atoms with Crippen molar-refractivity contribution in [2.24, 2.45) is 0 Å². The number of anilines is 1. The lowest BCUT2D eigenvalue weighted by molar-refractivity contribution is 0.0679. The maximum atomic E-state index is 12.5. The monoisotopic (exact) mass is 385 g/mol. The Morgan fingerprint density at radius 2 is 1.96 bits per heavy atom. The number of ether oxygens (including phenoxy) is 2. The van der Waals surface area contributed by atoms with Gasteiger partial charge in [0, 0.05) is 38.5 Å². The Kier molecular flexibility index (Phi) is 6.14. The van der Waals surface area contributed by atoms with Crippen LogP contribution in [0.25, 0.3) is 0 Å². The molecule has 2 saturated heterocycles. The number of nitrogens with one attached hydrogen (secondary N) is 1. The van der Waals surface area contributed by atoms with Crippen LogP contribution in [0.15, 0.2) is 47.1 Å². The lowest BCUT2D eigenvalue weighted by Gasteiger charge is -2.34. The summed E-state index contributed by atoms with van der Waals surface area (Å²) in [6.45, 7) is 5.28. The average molecular weight is 385 g/mol. The zero-order valence-electron chi connectivity index (χ0n) is 16.0. The van der Waals surface area contributed by atoms with Crippen molar-refractivity contribution in [3.8, 4) is 5.75 Å². The van der Waals surface area contributed by atoms with Gasteiger partial charge in [0.1, 0.15) is 18.1 Å². The van der Waals surface area contributed by atoms with Gasteiger partial charge in [0.25, 0.3) is 0 Å². The highest BCUT2D eigenvalue weighted by Gasteiger charge is 2.22. The standard InChI is InChI=1S/C21H27N3O4/c25-21(24-11-9-23(10-12-24)15-19-3-1-13-26-19)22-17-5-7-18(8-6-17)28-16-20-4-2-14-27-20/h1,3,5-8,13,20H,2,4,9-12,14-16H2,(H,22,25)/t20-/m0/s1. The fourth-order valence-corrected chi connectivity index (χ4v) is 3.53. The number of carbonyl (C=O) groups excluding carboxylic acids is 1. The highest BCUT2D eigenvalue weighted by atomic mass is 16.5. The quantitative estimate of drug-likeness (QED) is 0.827. The molecule has 0 radical (unpaired) electrons. The first-order valence-corrected chi connectivity index (χ1v) is 9.91. The summed E-state index contributed by atoms with van der Waals surface area (Å²) < 4.78 is 16.7. The number of rotatable bonds is 6. The Balaban J connectivity index is 1.20. The third-order valence-corrected chi connectivity index (χ3v) is 5.18. The molecule has 2 aliphatic rings. The van der Waals surface area contributed by atoms with Gasteiger partial charge in [0.15, 0.2) is 0 Å². The van der Waals surface area contributed by atoms with Gasteiger partial charge in [0.2, 0.25) is 0 Å². The van der Waals surface area contributed by atoms with E-state index in [-0.39, 0.29) is 12.1 Å². The third kappa shape index (κ3) is 5.05. The van der Waals surface area contributed by atoms with Crippen LogP contribution in [0.2, 0.25) is 0 Å². The first-order chi connectivity index (χ1) is 13.8. The minimum absolute atomic E-state index is 0.0642. The van der Waals surface area contributed by atoms with Crippen LogP contribution in [0.5, 0.6) is 5.75 Å². The number of urea groups is 1. The van der Waals surface area contributed by atoms with E-state index in [4.69, 9.17) is 13.9 Å². The maximum absolute atomic E-state index is 12.5. The molecule has 2 aromatic rings. The molecule has 0 bridgehead atoms. The van der Waals surface area contributed by atoms with Crippen LogP contribution in [0, 0.1) is 0 Å². The summed E-state index contributed by atoms with van der Waals surface area (Å²) in [5.41, 5.74) is 0.771. The molecule has 4 rings (SSSR count). The Labute approximate surface area is 165 Å². The molecule has 2 aliphatic heterocycles. The Morgan fingerprint density at radius 1 is 1.14 bits per heavy atom. The van der Waals surface area contributed by atoms with Crippen molar-refractivity contribution in [1.29, 1.82) is 0 Å². The molecule has 0 aliphatic carbocycles. The Hall–Kier alpha value is -2.51. The Morgan fingerprint density at radius 3 is 2.64 bits per heavy atom. The van der Waals surface area contributed by atoms with Gasteiger partial charge in [-0.1, -0.05) is 0 Å². The van der Waals surface area contributed by atoms with Crippen LogP contribution in [-0.4, -0.2) is 61.3 Å². The molecule has 0 unspecified atom stereocenters. The summed E-state index contributed by atoms with van der Waals surface area (Å²) in [7, 11) is 0. The number of piperazine rings is 1. The van der Waals surface area contributed by atoms with Crippen molar-refractivity contribution in [2.75, 3.05) is 44.7 Å². The predicted octanol–water partition coefficient (Wildman–Crippen LogP) is 3.19. The van der Waals surface area contributed by atoms with E-state index in [1.807, 2.05) is 41.3 Å². The summed E-state index contributed by atoms with van der Waals surface area (Å²) in [5, 5.41) is 2.97. The van der Waals surface area contributed by atoms with Gasteiger partial charge in [-0.15, -0.1) is 0 Å². The van der Waals surface area contributed by atoms with Crippen molar-refractivity contribution < 1.29 is 18.7 Å². The van der Waals surface area contributed by atoms with Crippen molar-refractivity contribution in [1.82, 2.24) is 9.80 Å². The molecule has 28 heavy (non-hydrogen) atoms. The molecule has 150 valence electrons. The fourth-order valence-electron chi connectivity index (χ4n) is 3.53. The van der Waals surface area contributed by atoms with Gasteiger partial charge >= 0.3 is 6.03 Å². The summed E-state index contributed by atoms with van der Waals surface area (Å²) in [6.07, 6.45) is 4.06. The normalized spacial score (nSPS) is 20.3. The summed E-state index contributed by atoms with van der Waals surface area (Å²) in [5.74, 6) is 1.75. The highest BCUT2D eigenvalue weighted by molar-refractivity contribution is 5.89. The second-order valence-corrected chi connectivity index (χ2v) is 7.24. The molecule has 3 heterocycles. The highest BCUT2D eigenvalue weighted by Crippen LogP contribution is 2.19. The van der Waals surface area contributed by atoms with Crippen LogP contribution in [-0.2, 0) is 11.3 Å². The van der Waals surface area contributed by atoms with E-state index in [0.717, 1.165) is 56.3 Å². The van der Waals surface area contributed by atoms with Crippen LogP contribution in [0.3, 0.4) is 0 Å². The summed E-state index contributed by atoms with van der Waals surface area (Å²) >= 11 is 0. The van der Waals surface area contributed by atoms with Crippen molar-refractivity contribution >= 4 is 11.7 Å². The minimum Gasteiger partial charge on any atom is -0.491 e. The van der Waals surface area contributed by atoms with Crippen LogP contribution in [0.1, 0.15) is 18.6 Å². The number of carbonyl (C=O) groups is 1. The first kappa shape index (κ1) is 18.8. The van der Waals surface area contributed by atoms with Gasteiger partial charge in [-0.25, -0.2) is 4.79 Å². The first-order valence-electron chi connectivity index (χ1n) is 9.91.